The molecule has 0 fully saturated rings. The van der Waals surface area contributed by atoms with E-state index in [0.717, 1.165) is 17.1 Å². The smallest absolute Gasteiger partial charge is 0.343 e. The van der Waals surface area contributed by atoms with E-state index in [-0.39, 0.29) is 22.1 Å². The minimum Gasteiger partial charge on any atom is -0.478 e. The Kier molecular flexibility index (Phi) is 5.53. The average molecular weight is 470 g/mol. The number of carboxylic acids is 1. The average Bonchev–Trinajstić information content (AvgIpc) is 3.27. The molecule has 33 heavy (non-hydrogen) atoms. The molecule has 1 aromatic carbocycles. The number of nitrogens with one attached hydrogen (secondary N) is 1. The number of urea groups is 1. The second-order valence-electron chi connectivity index (χ2n) is 6.47. The molecule has 0 aliphatic carbocycles. The largest absolute Gasteiger partial charge is 0.478 e. The molecule has 15 heteroatoms. The maximum Gasteiger partial charge on any atom is 0.343 e. The predicted octanol–water partition coefficient (Wildman–Crippen LogP) is 0.0724. The van der Waals surface area contributed by atoms with Crippen LogP contribution in [0.5, 0.6) is 0 Å². The highest BCUT2D eigenvalue weighted by Gasteiger charge is 2.41. The summed E-state index contributed by atoms with van der Waals surface area (Å²) in [6, 6.07) is 7.61. The molecule has 168 valence electrons. The zero-order chi connectivity index (χ0) is 23.6. The van der Waals surface area contributed by atoms with Crippen molar-refractivity contribution in [2.24, 2.45) is 0 Å². The maximum absolute atomic E-state index is 13.0. The van der Waals surface area contributed by atoms with Gasteiger partial charge in [0.05, 0.1) is 11.3 Å². The number of hydrogen-bond donors (Lipinski definition) is 2. The molecule has 0 atom stereocenters. The first-order chi connectivity index (χ1) is 15.8. The molecule has 14 nitrogen and oxygen atoms in total. The van der Waals surface area contributed by atoms with E-state index in [9.17, 15) is 22.8 Å². The number of carboxylic acid groups (broad SMARTS) is 1. The molecule has 2 N–H and O–H groups in total. The fourth-order valence-electron chi connectivity index (χ4n) is 2.74. The normalized spacial score (nSPS) is 14.8. The molecule has 1 aliphatic rings. The van der Waals surface area contributed by atoms with E-state index in [1.165, 1.54) is 36.7 Å². The highest BCUT2D eigenvalue weighted by Crippen LogP contribution is 2.21. The summed E-state index contributed by atoms with van der Waals surface area (Å²) in [5, 5.41) is 22.6. The zero-order valence-corrected chi connectivity index (χ0v) is 17.3. The number of carbonyl (C=O) groups excluding carboxylic acids is 2. The molecular weight excluding hydrogens is 456 g/mol. The molecule has 3 heterocycles. The van der Waals surface area contributed by atoms with Crippen LogP contribution >= 0.6 is 0 Å². The number of aromatic nitrogens is 5. The lowest BCUT2D eigenvalue weighted by atomic mass is 10.2. The van der Waals surface area contributed by atoms with Gasteiger partial charge in [0, 0.05) is 31.2 Å². The summed E-state index contributed by atoms with van der Waals surface area (Å²) in [5.41, 5.74) is 0.970. The Hall–Kier alpha value is -4.66. The van der Waals surface area contributed by atoms with E-state index in [2.05, 4.69) is 25.7 Å². The quantitative estimate of drug-likeness (QED) is 0.518. The van der Waals surface area contributed by atoms with Crippen LogP contribution < -0.4 is 9.62 Å². The van der Waals surface area contributed by atoms with Gasteiger partial charge in [-0.3, -0.25) is 9.78 Å². The van der Waals surface area contributed by atoms with Crippen molar-refractivity contribution in [3.05, 3.63) is 72.2 Å². The monoisotopic (exact) mass is 470 g/mol. The fourth-order valence-corrected chi connectivity index (χ4v) is 3.98. The van der Waals surface area contributed by atoms with Crippen molar-refractivity contribution >= 4 is 34.1 Å². The Labute approximate surface area is 185 Å². The molecule has 0 bridgehead atoms. The predicted molar refractivity (Wildman–Crippen MR) is 110 cm³/mol. The van der Waals surface area contributed by atoms with Crippen molar-refractivity contribution in [2.45, 2.75) is 6.54 Å². The van der Waals surface area contributed by atoms with E-state index >= 15 is 0 Å². The van der Waals surface area contributed by atoms with Crippen molar-refractivity contribution < 1.29 is 27.9 Å². The molecule has 0 radical (unpaired) electrons. The highest BCUT2D eigenvalue weighted by atomic mass is 32.2. The second-order valence-corrected chi connectivity index (χ2v) is 8.12. The number of tetrazole rings is 1. The van der Waals surface area contributed by atoms with E-state index in [1.54, 1.807) is 12.1 Å². The summed E-state index contributed by atoms with van der Waals surface area (Å²) in [5.74, 6) is -2.74. The molecule has 3 amide bonds. The zero-order valence-electron chi connectivity index (χ0n) is 16.5. The number of amides is 3. The van der Waals surface area contributed by atoms with Gasteiger partial charge in [0.25, 0.3) is 11.9 Å². The lowest BCUT2D eigenvalue weighted by Gasteiger charge is -2.27. The Morgan fingerprint density at radius 2 is 1.76 bits per heavy atom. The lowest BCUT2D eigenvalue weighted by Crippen LogP contribution is -2.52. The molecule has 4 rings (SSSR count). The topological polar surface area (TPSA) is 181 Å². The summed E-state index contributed by atoms with van der Waals surface area (Å²) in [7, 11) is -4.71. The molecule has 0 unspecified atom stereocenters. The third-order valence-corrected chi connectivity index (χ3v) is 5.94. The van der Waals surface area contributed by atoms with Gasteiger partial charge >= 0.3 is 22.2 Å². The number of rotatable bonds is 5. The number of hydrogen-bond acceptors (Lipinski definition) is 9. The van der Waals surface area contributed by atoms with Crippen molar-refractivity contribution in [3.63, 3.8) is 0 Å². The molecular formula is C18H14N8O6S. The molecule has 3 aromatic rings. The summed E-state index contributed by atoms with van der Waals surface area (Å²) in [6.07, 6.45) is 4.73. The van der Waals surface area contributed by atoms with Gasteiger partial charge in [0.15, 0.2) is 0 Å². The summed E-state index contributed by atoms with van der Waals surface area (Å²) >= 11 is 0. The first-order valence-corrected chi connectivity index (χ1v) is 10.5. The van der Waals surface area contributed by atoms with Gasteiger partial charge in [0.1, 0.15) is 0 Å². The second kappa shape index (κ2) is 8.46. The highest BCUT2D eigenvalue weighted by molar-refractivity contribution is 7.92. The van der Waals surface area contributed by atoms with Crippen molar-refractivity contribution in [3.8, 4) is 5.69 Å². The van der Waals surface area contributed by atoms with Crippen molar-refractivity contribution in [1.29, 1.82) is 0 Å². The minimum atomic E-state index is -4.71. The van der Waals surface area contributed by atoms with E-state index in [4.69, 9.17) is 5.11 Å². The van der Waals surface area contributed by atoms with Crippen LogP contribution in [0.1, 0.15) is 15.9 Å². The van der Waals surface area contributed by atoms with Crippen LogP contribution in [0.25, 0.3) is 5.69 Å². The van der Waals surface area contributed by atoms with Crippen LogP contribution in [0.3, 0.4) is 0 Å². The standard InChI is InChI=1S/C18H14N8O6S/c27-15-7-10-24(18(30)20-11-12-5-8-19-9-6-12)33(31,32)25(15)17-21-23-26(22-17)14-3-1-13(2-4-14)16(28)29/h1-10H,11H2,(H,20,30)(H,28,29). The van der Waals surface area contributed by atoms with E-state index < -0.39 is 34.1 Å². The van der Waals surface area contributed by atoms with Gasteiger partial charge in [0.2, 0.25) is 0 Å². The van der Waals surface area contributed by atoms with Crippen molar-refractivity contribution in [2.75, 3.05) is 4.31 Å². The van der Waals surface area contributed by atoms with Gasteiger partial charge in [-0.1, -0.05) is 5.10 Å². The number of benzene rings is 1. The van der Waals surface area contributed by atoms with Crippen LogP contribution in [0, 0.1) is 0 Å². The van der Waals surface area contributed by atoms with E-state index in [1.807, 2.05) is 0 Å². The maximum atomic E-state index is 13.0. The SMILES string of the molecule is O=C(O)c1ccc(-n2nnc(N3C(=O)C=CN(C(=O)NCc4ccncc4)S3(=O)=O)n2)cc1. The van der Waals surface area contributed by atoms with Crippen LogP contribution in [0.15, 0.2) is 61.1 Å². The molecule has 1 aliphatic heterocycles. The van der Waals surface area contributed by atoms with Crippen LogP contribution in [-0.2, 0) is 21.5 Å². The Balaban J connectivity index is 1.56. The van der Waals surface area contributed by atoms with Crippen LogP contribution in [-0.4, -0.2) is 60.9 Å². The molecule has 0 saturated carbocycles. The summed E-state index contributed by atoms with van der Waals surface area (Å²) < 4.78 is 26.5. The number of nitrogens with zero attached hydrogens (tertiary/aromatic N) is 7. The third-order valence-electron chi connectivity index (χ3n) is 4.36. The summed E-state index contributed by atoms with van der Waals surface area (Å²) in [4.78, 5) is 40.6. The first-order valence-electron chi connectivity index (χ1n) is 9.15. The number of aromatic carboxylic acids is 1. The number of carbonyl (C=O) groups is 3. The van der Waals surface area contributed by atoms with Gasteiger partial charge in [-0.05, 0) is 47.2 Å². The van der Waals surface area contributed by atoms with Crippen molar-refractivity contribution in [1.82, 2.24) is 34.8 Å². The van der Waals surface area contributed by atoms with E-state index in [0.29, 0.717) is 9.87 Å². The fraction of sp³-hybridized carbons (Fsp3) is 0.0556. The Morgan fingerprint density at radius 1 is 1.06 bits per heavy atom. The Morgan fingerprint density at radius 3 is 2.42 bits per heavy atom. The number of anilines is 1. The molecule has 0 spiro atoms. The van der Waals surface area contributed by atoms with Gasteiger partial charge in [-0.15, -0.1) is 14.2 Å². The van der Waals surface area contributed by atoms with Gasteiger partial charge in [-0.2, -0.15) is 12.7 Å². The van der Waals surface area contributed by atoms with Crippen LogP contribution in [0.2, 0.25) is 0 Å². The molecule has 0 saturated heterocycles. The van der Waals surface area contributed by atoms with Crippen LogP contribution in [0.4, 0.5) is 10.7 Å². The third kappa shape index (κ3) is 4.24. The van der Waals surface area contributed by atoms with Gasteiger partial charge < -0.3 is 10.4 Å². The molecule has 2 aromatic heterocycles. The van der Waals surface area contributed by atoms with Gasteiger partial charge in [-0.25, -0.2) is 9.59 Å². The Bertz CT molecular complexity index is 1350. The summed E-state index contributed by atoms with van der Waals surface area (Å²) in [6.45, 7) is 0.0237. The lowest BCUT2D eigenvalue weighted by molar-refractivity contribution is -0.113. The minimum absolute atomic E-state index is 0.0198. The first kappa shape index (κ1) is 21.6. The number of pyridine rings is 1.